The first-order valence-electron chi connectivity index (χ1n) is 7.35. The second kappa shape index (κ2) is 8.20. The van der Waals surface area contributed by atoms with E-state index in [-0.39, 0.29) is 11.9 Å². The fourth-order valence-corrected chi connectivity index (χ4v) is 3.27. The van der Waals surface area contributed by atoms with Crippen LogP contribution in [0.2, 0.25) is 0 Å². The number of likely N-dealkylation sites (N-methyl/N-ethyl adjacent to an activating group) is 1. The minimum Gasteiger partial charge on any atom is -0.335 e. The van der Waals surface area contributed by atoms with E-state index in [2.05, 4.69) is 28.7 Å². The molecule has 0 amide bonds. The average molecular weight is 307 g/mol. The van der Waals surface area contributed by atoms with Gasteiger partial charge in [0.25, 0.3) is 0 Å². The summed E-state index contributed by atoms with van der Waals surface area (Å²) in [6.45, 7) is 6.03. The van der Waals surface area contributed by atoms with Crippen LogP contribution in [-0.4, -0.2) is 27.9 Å². The molecule has 1 aromatic heterocycles. The Kier molecular flexibility index (Phi) is 6.26. The minimum atomic E-state index is -0.146. The molecule has 3 nitrogen and oxygen atoms in total. The highest BCUT2D eigenvalue weighted by Gasteiger charge is 2.13. The number of aryl methyl sites for hydroxylation is 1. The van der Waals surface area contributed by atoms with E-state index in [9.17, 15) is 4.39 Å². The third-order valence-corrected chi connectivity index (χ3v) is 4.55. The van der Waals surface area contributed by atoms with Crippen LogP contribution in [0.25, 0.3) is 0 Å². The van der Waals surface area contributed by atoms with E-state index in [0.717, 1.165) is 31.1 Å². The van der Waals surface area contributed by atoms with Crippen molar-refractivity contribution in [1.29, 1.82) is 0 Å². The number of nitrogens with one attached hydrogen (secondary N) is 1. The highest BCUT2D eigenvalue weighted by atomic mass is 32.2. The van der Waals surface area contributed by atoms with Gasteiger partial charge in [-0.2, -0.15) is 0 Å². The van der Waals surface area contributed by atoms with Gasteiger partial charge in [-0.1, -0.05) is 19.1 Å². The number of halogens is 1. The summed E-state index contributed by atoms with van der Waals surface area (Å²) in [4.78, 5) is 5.13. The largest absolute Gasteiger partial charge is 0.335 e. The van der Waals surface area contributed by atoms with E-state index in [1.807, 2.05) is 24.5 Å². The SMILES string of the molecule is CCNC(CSc1ccccc1F)Cc1nccn1CC. The Hall–Kier alpha value is -1.33. The molecule has 2 rings (SSSR count). The molecule has 0 saturated heterocycles. The van der Waals surface area contributed by atoms with Crippen LogP contribution in [0.5, 0.6) is 0 Å². The molecule has 0 saturated carbocycles. The van der Waals surface area contributed by atoms with Crippen molar-refractivity contribution < 1.29 is 4.39 Å². The standard InChI is InChI=1S/C16H22FN3S/c1-3-18-13(11-16-19-9-10-20(16)4-2)12-21-15-8-6-5-7-14(15)17/h5-10,13,18H,3-4,11-12H2,1-2H3. The monoisotopic (exact) mass is 307 g/mol. The molecule has 2 aromatic rings. The lowest BCUT2D eigenvalue weighted by atomic mass is 10.2. The summed E-state index contributed by atoms with van der Waals surface area (Å²) in [5, 5.41) is 3.47. The first kappa shape index (κ1) is 16.0. The van der Waals surface area contributed by atoms with Crippen molar-refractivity contribution in [3.05, 3.63) is 48.3 Å². The molecular weight excluding hydrogens is 285 g/mol. The molecule has 114 valence electrons. The zero-order valence-corrected chi connectivity index (χ0v) is 13.4. The Balaban J connectivity index is 1.97. The first-order valence-corrected chi connectivity index (χ1v) is 8.33. The summed E-state index contributed by atoms with van der Waals surface area (Å²) in [5.74, 6) is 1.76. The van der Waals surface area contributed by atoms with E-state index in [4.69, 9.17) is 0 Å². The van der Waals surface area contributed by atoms with Crippen LogP contribution in [0.4, 0.5) is 4.39 Å². The Bertz CT molecular complexity index is 556. The summed E-state index contributed by atoms with van der Waals surface area (Å²) in [6.07, 6.45) is 4.70. The van der Waals surface area contributed by atoms with Gasteiger partial charge in [-0.15, -0.1) is 11.8 Å². The van der Waals surface area contributed by atoms with Crippen molar-refractivity contribution in [3.8, 4) is 0 Å². The lowest BCUT2D eigenvalue weighted by Crippen LogP contribution is -2.34. The van der Waals surface area contributed by atoms with Crippen LogP contribution >= 0.6 is 11.8 Å². The average Bonchev–Trinajstić information content (AvgIpc) is 2.93. The summed E-state index contributed by atoms with van der Waals surface area (Å²) < 4.78 is 15.8. The van der Waals surface area contributed by atoms with Gasteiger partial charge in [0.1, 0.15) is 11.6 Å². The fourth-order valence-electron chi connectivity index (χ4n) is 2.27. The molecule has 0 bridgehead atoms. The van der Waals surface area contributed by atoms with E-state index >= 15 is 0 Å². The molecule has 1 heterocycles. The zero-order valence-electron chi connectivity index (χ0n) is 12.6. The maximum absolute atomic E-state index is 13.7. The predicted molar refractivity (Wildman–Crippen MR) is 86.2 cm³/mol. The van der Waals surface area contributed by atoms with Crippen molar-refractivity contribution >= 4 is 11.8 Å². The molecule has 21 heavy (non-hydrogen) atoms. The number of nitrogens with zero attached hydrogens (tertiary/aromatic N) is 2. The molecule has 0 spiro atoms. The highest BCUT2D eigenvalue weighted by Crippen LogP contribution is 2.22. The second-order valence-corrected chi connectivity index (χ2v) is 5.89. The summed E-state index contributed by atoms with van der Waals surface area (Å²) in [6, 6.07) is 7.22. The fraction of sp³-hybridized carbons (Fsp3) is 0.438. The quantitative estimate of drug-likeness (QED) is 0.759. The van der Waals surface area contributed by atoms with Crippen molar-refractivity contribution in [2.75, 3.05) is 12.3 Å². The maximum Gasteiger partial charge on any atom is 0.136 e. The van der Waals surface area contributed by atoms with Crippen molar-refractivity contribution in [3.63, 3.8) is 0 Å². The predicted octanol–water partition coefficient (Wildman–Crippen LogP) is 3.36. The third kappa shape index (κ3) is 4.58. The number of hydrogen-bond donors (Lipinski definition) is 1. The molecule has 0 aliphatic heterocycles. The first-order chi connectivity index (χ1) is 10.2. The molecule has 1 atom stereocenters. The van der Waals surface area contributed by atoms with Gasteiger partial charge in [0.15, 0.2) is 0 Å². The summed E-state index contributed by atoms with van der Waals surface area (Å²) in [5.41, 5.74) is 0. The van der Waals surface area contributed by atoms with Crippen LogP contribution in [0.1, 0.15) is 19.7 Å². The maximum atomic E-state index is 13.7. The van der Waals surface area contributed by atoms with Gasteiger partial charge < -0.3 is 9.88 Å². The topological polar surface area (TPSA) is 29.9 Å². The molecule has 0 radical (unpaired) electrons. The van der Waals surface area contributed by atoms with Crippen LogP contribution < -0.4 is 5.32 Å². The normalized spacial score (nSPS) is 12.5. The number of rotatable bonds is 8. The lowest BCUT2D eigenvalue weighted by Gasteiger charge is -2.18. The van der Waals surface area contributed by atoms with Crippen molar-refractivity contribution in [1.82, 2.24) is 14.9 Å². The number of benzene rings is 1. The second-order valence-electron chi connectivity index (χ2n) is 4.83. The Labute approximate surface area is 130 Å². The summed E-state index contributed by atoms with van der Waals surface area (Å²) >= 11 is 1.56. The number of hydrogen-bond acceptors (Lipinski definition) is 3. The molecule has 0 aliphatic rings. The van der Waals surface area contributed by atoms with Crippen LogP contribution in [0.15, 0.2) is 41.6 Å². The van der Waals surface area contributed by atoms with Crippen LogP contribution in [0.3, 0.4) is 0 Å². The zero-order chi connectivity index (χ0) is 15.1. The van der Waals surface area contributed by atoms with Gasteiger partial charge in [0.2, 0.25) is 0 Å². The van der Waals surface area contributed by atoms with Gasteiger partial charge in [-0.25, -0.2) is 9.37 Å². The van der Waals surface area contributed by atoms with Crippen LogP contribution in [-0.2, 0) is 13.0 Å². The van der Waals surface area contributed by atoms with Crippen molar-refractivity contribution in [2.24, 2.45) is 0 Å². The Morgan fingerprint density at radius 2 is 2.14 bits per heavy atom. The number of thioether (sulfide) groups is 1. The Morgan fingerprint density at radius 3 is 2.86 bits per heavy atom. The molecule has 1 N–H and O–H groups in total. The van der Waals surface area contributed by atoms with Gasteiger partial charge in [0.05, 0.1) is 0 Å². The van der Waals surface area contributed by atoms with Crippen molar-refractivity contribution in [2.45, 2.75) is 37.8 Å². The van der Waals surface area contributed by atoms with Gasteiger partial charge >= 0.3 is 0 Å². The Morgan fingerprint density at radius 1 is 1.33 bits per heavy atom. The van der Waals surface area contributed by atoms with Gasteiger partial charge in [0, 0.05) is 42.0 Å². The number of aromatic nitrogens is 2. The van der Waals surface area contributed by atoms with E-state index < -0.39 is 0 Å². The van der Waals surface area contributed by atoms with E-state index in [1.54, 1.807) is 17.8 Å². The smallest absolute Gasteiger partial charge is 0.136 e. The number of imidazole rings is 1. The molecule has 0 fully saturated rings. The molecule has 1 aromatic carbocycles. The molecule has 1 unspecified atom stereocenters. The van der Waals surface area contributed by atoms with Gasteiger partial charge in [-0.3, -0.25) is 0 Å². The lowest BCUT2D eigenvalue weighted by molar-refractivity contribution is 0.541. The molecule has 0 aliphatic carbocycles. The van der Waals surface area contributed by atoms with Gasteiger partial charge in [-0.05, 0) is 25.6 Å². The van der Waals surface area contributed by atoms with E-state index in [0.29, 0.717) is 4.90 Å². The minimum absolute atomic E-state index is 0.146. The third-order valence-electron chi connectivity index (χ3n) is 3.34. The highest BCUT2D eigenvalue weighted by molar-refractivity contribution is 7.99. The molecule has 5 heteroatoms. The van der Waals surface area contributed by atoms with E-state index in [1.165, 1.54) is 6.07 Å². The summed E-state index contributed by atoms with van der Waals surface area (Å²) in [7, 11) is 0. The molecular formula is C16H22FN3S. The van der Waals surface area contributed by atoms with Crippen LogP contribution in [0, 0.1) is 5.82 Å².